The maximum atomic E-state index is 12.4. The number of ether oxygens (including phenoxy) is 1. The van der Waals surface area contributed by atoms with Gasteiger partial charge in [-0.3, -0.25) is 0 Å². The number of unbranched alkanes of at least 4 members (excludes halogenated alkanes) is 5. The van der Waals surface area contributed by atoms with E-state index in [-0.39, 0.29) is 5.92 Å². The molecule has 0 saturated heterocycles. The van der Waals surface area contributed by atoms with Gasteiger partial charge in [0.15, 0.2) is 0 Å². The Morgan fingerprint density at radius 1 is 0.758 bits per heavy atom. The fourth-order valence-corrected chi connectivity index (χ4v) is 5.63. The third-order valence-electron chi connectivity index (χ3n) is 7.73. The van der Waals surface area contributed by atoms with E-state index >= 15 is 0 Å². The summed E-state index contributed by atoms with van der Waals surface area (Å²) < 4.78 is 43.3. The lowest BCUT2D eigenvalue weighted by Crippen LogP contribution is -2.21. The van der Waals surface area contributed by atoms with E-state index in [1.807, 2.05) is 0 Å². The average Bonchev–Trinajstić information content (AvgIpc) is 2.83. The summed E-state index contributed by atoms with van der Waals surface area (Å²) in [5.41, 5.74) is 2.79. The van der Waals surface area contributed by atoms with Crippen molar-refractivity contribution in [2.24, 2.45) is 5.92 Å². The van der Waals surface area contributed by atoms with Crippen molar-refractivity contribution in [2.45, 2.75) is 121 Å². The lowest BCUT2D eigenvalue weighted by Gasteiger charge is -2.30. The highest BCUT2D eigenvalue weighted by Crippen LogP contribution is 2.39. The molecular weight excluding hydrogens is 421 g/mol. The predicted octanol–water partition coefficient (Wildman–Crippen LogP) is 9.48. The van der Waals surface area contributed by atoms with Crippen molar-refractivity contribution in [3.63, 3.8) is 0 Å². The van der Waals surface area contributed by atoms with Crippen LogP contribution in [0.1, 0.15) is 120 Å². The van der Waals surface area contributed by atoms with Gasteiger partial charge in [-0.15, -0.1) is 0 Å². The smallest absolute Gasteiger partial charge is 0.378 e. The first-order chi connectivity index (χ1) is 15.9. The molecule has 0 amide bonds. The summed E-state index contributed by atoms with van der Waals surface area (Å²) in [6.45, 7) is 3.18. The summed E-state index contributed by atoms with van der Waals surface area (Å²) in [7, 11) is 0. The highest BCUT2D eigenvalue weighted by Gasteiger charge is 2.26. The summed E-state index contributed by atoms with van der Waals surface area (Å²) in [5, 5.41) is 0. The van der Waals surface area contributed by atoms with E-state index in [1.54, 1.807) is 0 Å². The molecule has 1 nitrogen and oxygen atoms in total. The Hall–Kier alpha value is -1.29. The zero-order valence-corrected chi connectivity index (χ0v) is 20.4. The number of hydrogen-bond donors (Lipinski definition) is 0. The molecule has 1 aromatic carbocycles. The van der Waals surface area contributed by atoms with E-state index in [9.17, 15) is 13.2 Å². The number of halogens is 3. The van der Waals surface area contributed by atoms with Crippen LogP contribution in [0.15, 0.2) is 36.4 Å². The van der Waals surface area contributed by atoms with Gasteiger partial charge in [0.2, 0.25) is 0 Å². The molecule has 2 saturated carbocycles. The molecule has 33 heavy (non-hydrogen) atoms. The molecule has 2 aliphatic carbocycles. The van der Waals surface area contributed by atoms with Crippen LogP contribution in [0.3, 0.4) is 0 Å². The van der Waals surface area contributed by atoms with Crippen LogP contribution < -0.4 is 0 Å². The van der Waals surface area contributed by atoms with Crippen molar-refractivity contribution in [3.8, 4) is 0 Å². The first-order valence-electron chi connectivity index (χ1n) is 13.4. The Bertz CT molecular complexity index is 678. The molecule has 1 aromatic rings. The van der Waals surface area contributed by atoms with E-state index in [2.05, 4.69) is 31.2 Å². The van der Waals surface area contributed by atoms with Gasteiger partial charge in [0.1, 0.15) is 0 Å². The molecule has 2 aliphatic rings. The summed E-state index contributed by atoms with van der Waals surface area (Å²) >= 11 is 0. The molecule has 0 atom stereocenters. The van der Waals surface area contributed by atoms with Gasteiger partial charge in [-0.25, -0.2) is 0 Å². The third-order valence-corrected chi connectivity index (χ3v) is 7.73. The van der Waals surface area contributed by atoms with Crippen molar-refractivity contribution in [3.05, 3.63) is 47.5 Å². The Kier molecular flexibility index (Phi) is 10.8. The highest BCUT2D eigenvalue weighted by molar-refractivity contribution is 5.28. The normalized spacial score (nSPS) is 26.7. The van der Waals surface area contributed by atoms with Crippen molar-refractivity contribution < 1.29 is 17.9 Å². The predicted molar refractivity (Wildman–Crippen MR) is 131 cm³/mol. The zero-order valence-electron chi connectivity index (χ0n) is 20.4. The maximum Gasteiger partial charge on any atom is 0.409 e. The van der Waals surface area contributed by atoms with Gasteiger partial charge in [-0.05, 0) is 86.7 Å². The van der Waals surface area contributed by atoms with Gasteiger partial charge in [-0.1, -0.05) is 69.4 Å². The van der Waals surface area contributed by atoms with Gasteiger partial charge < -0.3 is 4.74 Å². The molecule has 0 unspecified atom stereocenters. The highest BCUT2D eigenvalue weighted by atomic mass is 19.4. The summed E-state index contributed by atoms with van der Waals surface area (Å²) in [4.78, 5) is 0. The molecule has 0 bridgehead atoms. The number of alkyl halides is 3. The SMILES string of the molecule is CCCCCCCCOC1CCC(c2ccc(C3CCC(C=CC(F)(F)F)CC3)cc2)CC1. The molecule has 186 valence electrons. The maximum absolute atomic E-state index is 12.4. The van der Waals surface area contributed by atoms with Gasteiger partial charge in [0, 0.05) is 12.7 Å². The number of rotatable bonds is 11. The van der Waals surface area contributed by atoms with Crippen LogP contribution in [0.5, 0.6) is 0 Å². The van der Waals surface area contributed by atoms with Gasteiger partial charge in [-0.2, -0.15) is 13.2 Å². The average molecular weight is 465 g/mol. The first-order valence-corrected chi connectivity index (χ1v) is 13.4. The molecule has 0 heterocycles. The quantitative estimate of drug-likeness (QED) is 0.234. The lowest BCUT2D eigenvalue weighted by atomic mass is 9.77. The topological polar surface area (TPSA) is 9.23 Å². The molecular formula is C29H43F3O. The second kappa shape index (κ2) is 13.6. The fourth-order valence-electron chi connectivity index (χ4n) is 5.63. The van der Waals surface area contributed by atoms with E-state index < -0.39 is 6.18 Å². The van der Waals surface area contributed by atoms with Gasteiger partial charge >= 0.3 is 6.18 Å². The van der Waals surface area contributed by atoms with Crippen molar-refractivity contribution in [2.75, 3.05) is 6.61 Å². The summed E-state index contributed by atoms with van der Waals surface area (Å²) in [6, 6.07) is 9.14. The lowest BCUT2D eigenvalue weighted by molar-refractivity contribution is -0.0803. The summed E-state index contributed by atoms with van der Waals surface area (Å²) in [6.07, 6.45) is 14.3. The van der Waals surface area contributed by atoms with E-state index in [1.165, 1.54) is 68.6 Å². The zero-order chi connectivity index (χ0) is 23.5. The third kappa shape index (κ3) is 9.47. The second-order valence-corrected chi connectivity index (χ2v) is 10.3. The Morgan fingerprint density at radius 3 is 1.82 bits per heavy atom. The van der Waals surface area contributed by atoms with Gasteiger partial charge in [0.05, 0.1) is 6.10 Å². The van der Waals surface area contributed by atoms with Gasteiger partial charge in [0.25, 0.3) is 0 Å². The second-order valence-electron chi connectivity index (χ2n) is 10.3. The molecule has 3 rings (SSSR count). The monoisotopic (exact) mass is 464 g/mol. The molecule has 0 aliphatic heterocycles. The fraction of sp³-hybridized carbons (Fsp3) is 0.724. The molecule has 0 spiro atoms. The number of benzene rings is 1. The van der Waals surface area contributed by atoms with Crippen LogP contribution in [0, 0.1) is 5.92 Å². The minimum atomic E-state index is -4.19. The minimum Gasteiger partial charge on any atom is -0.378 e. The van der Waals surface area contributed by atoms with Crippen LogP contribution >= 0.6 is 0 Å². The molecule has 4 heteroatoms. The molecule has 0 radical (unpaired) electrons. The van der Waals surface area contributed by atoms with Crippen LogP contribution in [-0.4, -0.2) is 18.9 Å². The first kappa shape index (κ1) is 26.3. The van der Waals surface area contributed by atoms with Crippen molar-refractivity contribution in [1.29, 1.82) is 0 Å². The number of allylic oxidation sites excluding steroid dienone is 2. The standard InChI is InChI=1S/C29H43F3O/c1-2-3-4-5-6-7-22-33-28-18-16-27(17-19-28)26-14-12-25(13-15-26)24-10-8-23(9-11-24)20-21-29(30,31)32/h12-15,20-21,23-24,27-28H,2-11,16-19,22H2,1H3. The number of hydrogen-bond acceptors (Lipinski definition) is 1. The Labute approximate surface area is 199 Å². The molecule has 2 fully saturated rings. The van der Waals surface area contributed by atoms with E-state index in [0.29, 0.717) is 24.0 Å². The Morgan fingerprint density at radius 2 is 1.27 bits per heavy atom. The van der Waals surface area contributed by atoms with Crippen LogP contribution in [0.4, 0.5) is 13.2 Å². The van der Waals surface area contributed by atoms with Crippen LogP contribution in [-0.2, 0) is 4.74 Å². The van der Waals surface area contributed by atoms with Crippen LogP contribution in [0.2, 0.25) is 0 Å². The summed E-state index contributed by atoms with van der Waals surface area (Å²) in [5.74, 6) is 1.19. The van der Waals surface area contributed by atoms with E-state index in [4.69, 9.17) is 4.74 Å². The van der Waals surface area contributed by atoms with E-state index in [0.717, 1.165) is 45.1 Å². The Balaban J connectivity index is 1.34. The van der Waals surface area contributed by atoms with Crippen molar-refractivity contribution in [1.82, 2.24) is 0 Å². The minimum absolute atomic E-state index is 0.0700. The van der Waals surface area contributed by atoms with Crippen molar-refractivity contribution >= 4 is 0 Å². The van der Waals surface area contributed by atoms with Crippen LogP contribution in [0.25, 0.3) is 0 Å². The molecule has 0 aromatic heterocycles. The molecule has 0 N–H and O–H groups in total. The largest absolute Gasteiger partial charge is 0.409 e.